The fraction of sp³-hybridized carbons (Fsp3) is 0.105. The summed E-state index contributed by atoms with van der Waals surface area (Å²) >= 11 is 0. The van der Waals surface area contributed by atoms with E-state index in [2.05, 4.69) is 5.32 Å². The van der Waals surface area contributed by atoms with Crippen LogP contribution in [0.5, 0.6) is 0 Å². The van der Waals surface area contributed by atoms with Gasteiger partial charge in [0.2, 0.25) is 5.91 Å². The van der Waals surface area contributed by atoms with Gasteiger partial charge in [-0.05, 0) is 48.2 Å². The van der Waals surface area contributed by atoms with Crippen LogP contribution in [-0.2, 0) is 14.8 Å². The fourth-order valence-electron chi connectivity index (χ4n) is 3.22. The average molecular weight is 370 g/mol. The maximum absolute atomic E-state index is 13.2. The summed E-state index contributed by atoms with van der Waals surface area (Å²) in [6.45, 7) is 1.31. The molecule has 0 aromatic heterocycles. The molecular formula is C19H15FN2O3S. The van der Waals surface area contributed by atoms with Crippen molar-refractivity contribution in [2.75, 3.05) is 16.2 Å². The summed E-state index contributed by atoms with van der Waals surface area (Å²) in [4.78, 5) is 12.7. The van der Waals surface area contributed by atoms with Crippen LogP contribution in [0.15, 0.2) is 59.5 Å². The van der Waals surface area contributed by atoms with Crippen molar-refractivity contribution < 1.29 is 17.6 Å². The molecule has 0 spiro atoms. The number of amides is 1. The summed E-state index contributed by atoms with van der Waals surface area (Å²) in [7, 11) is -3.79. The minimum atomic E-state index is -3.79. The Kier molecular flexibility index (Phi) is 3.69. The summed E-state index contributed by atoms with van der Waals surface area (Å²) in [5.74, 6) is -0.891. The molecule has 0 saturated heterocycles. The number of rotatable bonds is 3. The highest BCUT2D eigenvalue weighted by molar-refractivity contribution is 7.93. The van der Waals surface area contributed by atoms with E-state index in [1.54, 1.807) is 31.2 Å². The zero-order chi connectivity index (χ0) is 18.5. The van der Waals surface area contributed by atoms with Crippen LogP contribution in [0, 0.1) is 12.7 Å². The second kappa shape index (κ2) is 5.81. The molecule has 1 heterocycles. The molecular weight excluding hydrogens is 355 g/mol. The van der Waals surface area contributed by atoms with Gasteiger partial charge in [-0.15, -0.1) is 0 Å². The number of benzene rings is 3. The van der Waals surface area contributed by atoms with Gasteiger partial charge in [-0.25, -0.2) is 12.8 Å². The van der Waals surface area contributed by atoms with Crippen molar-refractivity contribution in [3.63, 3.8) is 0 Å². The van der Waals surface area contributed by atoms with E-state index < -0.39 is 21.7 Å². The predicted octanol–water partition coefficient (Wildman–Crippen LogP) is 3.43. The van der Waals surface area contributed by atoms with E-state index in [1.807, 2.05) is 12.1 Å². The fourth-order valence-corrected chi connectivity index (χ4v) is 4.88. The van der Waals surface area contributed by atoms with Crippen LogP contribution >= 0.6 is 0 Å². The zero-order valence-electron chi connectivity index (χ0n) is 13.9. The smallest absolute Gasteiger partial charge is 0.265 e. The van der Waals surface area contributed by atoms with Gasteiger partial charge >= 0.3 is 0 Å². The van der Waals surface area contributed by atoms with E-state index in [-0.39, 0.29) is 11.4 Å². The highest BCUT2D eigenvalue weighted by Gasteiger charge is 2.36. The lowest BCUT2D eigenvalue weighted by Crippen LogP contribution is -2.35. The maximum Gasteiger partial charge on any atom is 0.265 e. The van der Waals surface area contributed by atoms with Gasteiger partial charge in [0.05, 0.1) is 10.6 Å². The first-order valence-corrected chi connectivity index (χ1v) is 9.42. The molecule has 5 nitrogen and oxygen atoms in total. The lowest BCUT2D eigenvalue weighted by molar-refractivity contribution is -0.114. The van der Waals surface area contributed by atoms with E-state index in [0.717, 1.165) is 9.69 Å². The third-order valence-electron chi connectivity index (χ3n) is 4.43. The second-order valence-corrected chi connectivity index (χ2v) is 7.98. The van der Waals surface area contributed by atoms with Crippen LogP contribution in [-0.4, -0.2) is 20.9 Å². The molecule has 0 bridgehead atoms. The predicted molar refractivity (Wildman–Crippen MR) is 98.2 cm³/mol. The first-order chi connectivity index (χ1) is 12.4. The molecule has 0 atom stereocenters. The van der Waals surface area contributed by atoms with Gasteiger partial charge in [0.15, 0.2) is 0 Å². The monoisotopic (exact) mass is 370 g/mol. The van der Waals surface area contributed by atoms with Gasteiger partial charge < -0.3 is 5.32 Å². The third-order valence-corrected chi connectivity index (χ3v) is 6.23. The lowest BCUT2D eigenvalue weighted by atomic mass is 10.1. The Labute approximate surface area is 150 Å². The van der Waals surface area contributed by atoms with Crippen molar-refractivity contribution in [3.05, 3.63) is 66.0 Å². The van der Waals surface area contributed by atoms with Crippen LogP contribution in [0.1, 0.15) is 5.56 Å². The number of carbonyl (C=O) groups excluding carboxylic acids is 1. The number of hydrogen-bond acceptors (Lipinski definition) is 3. The van der Waals surface area contributed by atoms with E-state index in [0.29, 0.717) is 22.3 Å². The van der Waals surface area contributed by atoms with E-state index >= 15 is 0 Å². The average Bonchev–Trinajstić information content (AvgIpc) is 2.81. The minimum absolute atomic E-state index is 0.205. The third kappa shape index (κ3) is 2.52. The number of aryl methyl sites for hydroxylation is 1. The SMILES string of the molecule is Cc1cc(F)ccc1NC(=O)CN1c2cccc3cccc(c23)S1(=O)=O. The van der Waals surface area contributed by atoms with Crippen LogP contribution in [0.4, 0.5) is 15.8 Å². The zero-order valence-corrected chi connectivity index (χ0v) is 14.7. The topological polar surface area (TPSA) is 66.5 Å². The van der Waals surface area contributed by atoms with Gasteiger partial charge in [0, 0.05) is 11.1 Å². The van der Waals surface area contributed by atoms with Gasteiger partial charge in [-0.1, -0.05) is 24.3 Å². The Morgan fingerprint density at radius 2 is 1.85 bits per heavy atom. The van der Waals surface area contributed by atoms with Gasteiger partial charge in [0.25, 0.3) is 10.0 Å². The Morgan fingerprint density at radius 1 is 1.12 bits per heavy atom. The molecule has 26 heavy (non-hydrogen) atoms. The summed E-state index contributed by atoms with van der Waals surface area (Å²) in [5, 5.41) is 4.08. The van der Waals surface area contributed by atoms with Crippen LogP contribution in [0.3, 0.4) is 0 Å². The molecule has 0 unspecified atom stereocenters. The number of sulfonamides is 1. The Hall–Kier alpha value is -2.93. The van der Waals surface area contributed by atoms with E-state index in [4.69, 9.17) is 0 Å². The van der Waals surface area contributed by atoms with E-state index in [9.17, 15) is 17.6 Å². The highest BCUT2D eigenvalue weighted by Crippen LogP contribution is 2.41. The van der Waals surface area contributed by atoms with Gasteiger partial charge in [0.1, 0.15) is 12.4 Å². The maximum atomic E-state index is 13.2. The van der Waals surface area contributed by atoms with Crippen molar-refractivity contribution >= 4 is 38.1 Å². The number of anilines is 2. The molecule has 7 heteroatoms. The number of nitrogens with one attached hydrogen (secondary N) is 1. The quantitative estimate of drug-likeness (QED) is 0.768. The van der Waals surface area contributed by atoms with Crippen LogP contribution in [0.25, 0.3) is 10.8 Å². The van der Waals surface area contributed by atoms with Crippen LogP contribution < -0.4 is 9.62 Å². The van der Waals surface area contributed by atoms with Crippen LogP contribution in [0.2, 0.25) is 0 Å². The lowest BCUT2D eigenvalue weighted by Gasteiger charge is -2.18. The van der Waals surface area contributed by atoms with Crippen molar-refractivity contribution in [3.8, 4) is 0 Å². The molecule has 0 aliphatic carbocycles. The highest BCUT2D eigenvalue weighted by atomic mass is 32.2. The molecule has 1 N–H and O–H groups in total. The molecule has 132 valence electrons. The largest absolute Gasteiger partial charge is 0.324 e. The second-order valence-electron chi connectivity index (χ2n) is 6.15. The number of hydrogen-bond donors (Lipinski definition) is 1. The minimum Gasteiger partial charge on any atom is -0.324 e. The number of halogens is 1. The summed E-state index contributed by atoms with van der Waals surface area (Å²) in [5.41, 5.74) is 1.50. The standard InChI is InChI=1S/C19H15FN2O3S/c1-12-10-14(20)8-9-15(12)21-18(23)11-22-16-6-2-4-13-5-3-7-17(19(13)16)26(22,24)25/h2-10H,11H2,1H3,(H,21,23). The molecule has 0 saturated carbocycles. The molecule has 1 aliphatic rings. The number of nitrogens with zero attached hydrogens (tertiary/aromatic N) is 1. The molecule has 4 rings (SSSR count). The molecule has 0 fully saturated rings. The van der Waals surface area contributed by atoms with Crippen molar-refractivity contribution in [2.24, 2.45) is 0 Å². The Bertz CT molecular complexity index is 1150. The van der Waals surface area contributed by atoms with Crippen molar-refractivity contribution in [1.82, 2.24) is 0 Å². The Morgan fingerprint density at radius 3 is 2.58 bits per heavy atom. The first-order valence-electron chi connectivity index (χ1n) is 7.98. The molecule has 1 aliphatic heterocycles. The summed E-state index contributed by atoms with van der Waals surface area (Å²) in [6, 6.07) is 14.4. The van der Waals surface area contributed by atoms with Gasteiger partial charge in [-0.3, -0.25) is 9.10 Å². The summed E-state index contributed by atoms with van der Waals surface area (Å²) < 4.78 is 40.0. The molecule has 0 radical (unpaired) electrons. The van der Waals surface area contributed by atoms with Crippen molar-refractivity contribution in [2.45, 2.75) is 11.8 Å². The summed E-state index contributed by atoms with van der Waals surface area (Å²) in [6.07, 6.45) is 0. The molecule has 3 aromatic carbocycles. The van der Waals surface area contributed by atoms with Crippen molar-refractivity contribution in [1.29, 1.82) is 0 Å². The van der Waals surface area contributed by atoms with Gasteiger partial charge in [-0.2, -0.15) is 0 Å². The molecule has 3 aromatic rings. The number of carbonyl (C=O) groups is 1. The Balaban J connectivity index is 1.67. The van der Waals surface area contributed by atoms with E-state index in [1.165, 1.54) is 18.2 Å². The normalized spacial score (nSPS) is 14.6. The first kappa shape index (κ1) is 16.5. The molecule has 1 amide bonds.